The second kappa shape index (κ2) is 8.63. The number of methoxy groups -OCH3 is 1. The molecule has 0 amide bonds. The van der Waals surface area contributed by atoms with Crippen molar-refractivity contribution in [3.8, 4) is 0 Å². The van der Waals surface area contributed by atoms with Crippen molar-refractivity contribution in [1.82, 2.24) is 4.73 Å². The van der Waals surface area contributed by atoms with E-state index in [0.29, 0.717) is 16.8 Å². The highest BCUT2D eigenvalue weighted by molar-refractivity contribution is 7.86. The van der Waals surface area contributed by atoms with Crippen molar-refractivity contribution in [2.75, 3.05) is 12.9 Å². The SMILES string of the molecule is CCS(=O)(=O)On1c(C=Cc2ccc3ccccc3c2)cc(C)c(COC)c1=O. The minimum Gasteiger partial charge on any atom is -0.380 e. The van der Waals surface area contributed by atoms with Crippen molar-refractivity contribution in [2.24, 2.45) is 0 Å². The lowest BCUT2D eigenvalue weighted by atomic mass is 10.1. The fourth-order valence-corrected chi connectivity index (χ4v) is 3.43. The van der Waals surface area contributed by atoms with Gasteiger partial charge in [0.1, 0.15) is 0 Å². The Morgan fingerprint density at radius 1 is 1.03 bits per heavy atom. The highest BCUT2D eigenvalue weighted by Gasteiger charge is 2.17. The number of pyridine rings is 1. The lowest BCUT2D eigenvalue weighted by Gasteiger charge is -2.14. The van der Waals surface area contributed by atoms with E-state index < -0.39 is 15.7 Å². The molecule has 2 aromatic carbocycles. The van der Waals surface area contributed by atoms with E-state index in [0.717, 1.165) is 21.1 Å². The predicted molar refractivity (Wildman–Crippen MR) is 115 cm³/mol. The smallest absolute Gasteiger partial charge is 0.326 e. The van der Waals surface area contributed by atoms with E-state index in [1.54, 1.807) is 19.1 Å². The standard InChI is InChI=1S/C22H23NO5S/c1-4-29(25,26)28-23-20(13-16(2)21(15-27-3)22(23)24)12-10-17-9-11-18-7-5-6-8-19(18)14-17/h5-14H,4,15H2,1-3H3. The number of rotatable bonds is 7. The summed E-state index contributed by atoms with van der Waals surface area (Å²) in [5.41, 5.74) is 1.74. The van der Waals surface area contributed by atoms with Crippen molar-refractivity contribution in [1.29, 1.82) is 0 Å². The van der Waals surface area contributed by atoms with Crippen LogP contribution in [-0.2, 0) is 21.5 Å². The first-order chi connectivity index (χ1) is 13.8. The zero-order valence-electron chi connectivity index (χ0n) is 16.6. The van der Waals surface area contributed by atoms with Crippen LogP contribution in [0.15, 0.2) is 53.3 Å². The summed E-state index contributed by atoms with van der Waals surface area (Å²) in [5.74, 6) is -0.249. The molecule has 0 aliphatic carbocycles. The third-order valence-electron chi connectivity index (χ3n) is 4.57. The van der Waals surface area contributed by atoms with Gasteiger partial charge in [-0.15, -0.1) is 4.73 Å². The Hall–Kier alpha value is -2.90. The van der Waals surface area contributed by atoms with E-state index in [2.05, 4.69) is 0 Å². The van der Waals surface area contributed by atoms with Gasteiger partial charge in [0.05, 0.1) is 18.1 Å². The number of fused-ring (bicyclic) bond motifs is 1. The van der Waals surface area contributed by atoms with Gasteiger partial charge in [-0.05, 0) is 54.0 Å². The molecule has 3 aromatic rings. The van der Waals surface area contributed by atoms with Gasteiger partial charge in [-0.3, -0.25) is 9.08 Å². The molecule has 0 bridgehead atoms. The van der Waals surface area contributed by atoms with Crippen LogP contribution in [-0.4, -0.2) is 26.0 Å². The van der Waals surface area contributed by atoms with E-state index in [4.69, 9.17) is 9.02 Å². The number of hydrogen-bond donors (Lipinski definition) is 0. The monoisotopic (exact) mass is 413 g/mol. The third kappa shape index (κ3) is 4.75. The molecule has 152 valence electrons. The van der Waals surface area contributed by atoms with Gasteiger partial charge in [0, 0.05) is 12.7 Å². The molecule has 0 atom stereocenters. The number of ether oxygens (including phenoxy) is 1. The number of aryl methyl sites for hydroxylation is 1. The highest BCUT2D eigenvalue weighted by atomic mass is 32.2. The largest absolute Gasteiger partial charge is 0.380 e. The topological polar surface area (TPSA) is 74.6 Å². The maximum absolute atomic E-state index is 12.8. The summed E-state index contributed by atoms with van der Waals surface area (Å²) in [4.78, 5) is 12.8. The van der Waals surface area contributed by atoms with Crippen LogP contribution in [0.4, 0.5) is 0 Å². The Balaban J connectivity index is 2.08. The van der Waals surface area contributed by atoms with Gasteiger partial charge in [-0.1, -0.05) is 42.5 Å². The summed E-state index contributed by atoms with van der Waals surface area (Å²) < 4.78 is 35.0. The first kappa shape index (κ1) is 20.8. The zero-order chi connectivity index (χ0) is 21.0. The Labute approximate surface area is 170 Å². The third-order valence-corrected chi connectivity index (χ3v) is 5.65. The second-order valence-electron chi connectivity index (χ2n) is 6.62. The van der Waals surface area contributed by atoms with E-state index >= 15 is 0 Å². The number of benzene rings is 2. The van der Waals surface area contributed by atoms with Gasteiger partial charge in [0.2, 0.25) is 0 Å². The molecule has 29 heavy (non-hydrogen) atoms. The van der Waals surface area contributed by atoms with Gasteiger partial charge in [-0.25, -0.2) is 0 Å². The van der Waals surface area contributed by atoms with Gasteiger partial charge in [0.15, 0.2) is 0 Å². The maximum Gasteiger partial charge on any atom is 0.326 e. The van der Waals surface area contributed by atoms with Crippen molar-refractivity contribution in [3.63, 3.8) is 0 Å². The average Bonchev–Trinajstić information content (AvgIpc) is 2.71. The molecule has 1 aromatic heterocycles. The fraction of sp³-hybridized carbons (Fsp3) is 0.227. The average molecular weight is 413 g/mol. The van der Waals surface area contributed by atoms with Gasteiger partial charge >= 0.3 is 10.1 Å². The molecular weight excluding hydrogens is 390 g/mol. The molecule has 0 unspecified atom stereocenters. The number of aromatic nitrogens is 1. The fourth-order valence-electron chi connectivity index (χ4n) is 2.95. The van der Waals surface area contributed by atoms with Gasteiger partial charge in [0.25, 0.3) is 5.56 Å². The molecule has 0 N–H and O–H groups in total. The number of nitrogens with zero attached hydrogens (tertiary/aromatic N) is 1. The summed E-state index contributed by atoms with van der Waals surface area (Å²) in [5, 5.41) is 2.21. The summed E-state index contributed by atoms with van der Waals surface area (Å²) in [6.07, 6.45) is 3.48. The van der Waals surface area contributed by atoms with Crippen LogP contribution in [0.3, 0.4) is 0 Å². The van der Waals surface area contributed by atoms with Crippen LogP contribution in [0.5, 0.6) is 0 Å². The molecule has 0 radical (unpaired) electrons. The second-order valence-corrected chi connectivity index (χ2v) is 8.47. The van der Waals surface area contributed by atoms with Gasteiger partial charge in [-0.2, -0.15) is 8.42 Å². The van der Waals surface area contributed by atoms with E-state index in [9.17, 15) is 13.2 Å². The van der Waals surface area contributed by atoms with Crippen molar-refractivity contribution in [2.45, 2.75) is 20.5 Å². The lowest BCUT2D eigenvalue weighted by molar-refractivity contribution is 0.179. The summed E-state index contributed by atoms with van der Waals surface area (Å²) in [6.45, 7) is 3.30. The molecule has 0 aliphatic rings. The van der Waals surface area contributed by atoms with Crippen LogP contribution < -0.4 is 9.84 Å². The lowest BCUT2D eigenvalue weighted by Crippen LogP contribution is -2.35. The highest BCUT2D eigenvalue weighted by Crippen LogP contribution is 2.18. The van der Waals surface area contributed by atoms with E-state index in [1.165, 1.54) is 14.0 Å². The Bertz CT molecular complexity index is 1230. The molecule has 7 heteroatoms. The predicted octanol–water partition coefficient (Wildman–Crippen LogP) is 3.41. The van der Waals surface area contributed by atoms with Crippen molar-refractivity contribution < 1.29 is 17.4 Å². The van der Waals surface area contributed by atoms with Crippen LogP contribution in [0.1, 0.15) is 29.3 Å². The minimum atomic E-state index is -3.89. The molecule has 6 nitrogen and oxygen atoms in total. The summed E-state index contributed by atoms with van der Waals surface area (Å²) >= 11 is 0. The molecular formula is C22H23NO5S. The van der Waals surface area contributed by atoms with Crippen molar-refractivity contribution in [3.05, 3.63) is 81.3 Å². The molecule has 1 heterocycles. The quantitative estimate of drug-likeness (QED) is 0.593. The molecule has 0 saturated carbocycles. The van der Waals surface area contributed by atoms with Crippen LogP contribution in [0.25, 0.3) is 22.9 Å². The number of hydrogen-bond acceptors (Lipinski definition) is 5. The van der Waals surface area contributed by atoms with Gasteiger partial charge < -0.3 is 4.74 Å². The molecule has 0 spiro atoms. The Morgan fingerprint density at radius 2 is 1.76 bits per heavy atom. The van der Waals surface area contributed by atoms with Crippen LogP contribution in [0, 0.1) is 6.92 Å². The van der Waals surface area contributed by atoms with E-state index in [-0.39, 0.29) is 12.4 Å². The summed E-state index contributed by atoms with van der Waals surface area (Å²) in [7, 11) is -2.41. The summed E-state index contributed by atoms with van der Waals surface area (Å²) in [6, 6.07) is 15.7. The Kier molecular flexibility index (Phi) is 6.20. The van der Waals surface area contributed by atoms with Crippen molar-refractivity contribution >= 4 is 33.0 Å². The molecule has 0 aliphatic heterocycles. The normalized spacial score (nSPS) is 12.0. The molecule has 0 saturated heterocycles. The van der Waals surface area contributed by atoms with E-state index in [1.807, 2.05) is 48.5 Å². The first-order valence-electron chi connectivity index (χ1n) is 9.18. The Morgan fingerprint density at radius 3 is 2.45 bits per heavy atom. The molecule has 0 fully saturated rings. The first-order valence-corrected chi connectivity index (χ1v) is 10.8. The minimum absolute atomic E-state index is 0.0644. The van der Waals surface area contributed by atoms with Crippen LogP contribution >= 0.6 is 0 Å². The zero-order valence-corrected chi connectivity index (χ0v) is 17.4. The van der Waals surface area contributed by atoms with Crippen LogP contribution in [0.2, 0.25) is 0 Å². The maximum atomic E-state index is 12.8. The molecule has 3 rings (SSSR count).